The monoisotopic (exact) mass is 555 g/mol. The van der Waals surface area contributed by atoms with Gasteiger partial charge in [-0.3, -0.25) is 14.2 Å². The molecular formula is C30H37NO7S. The van der Waals surface area contributed by atoms with Crippen LogP contribution in [0.25, 0.3) is 0 Å². The maximum absolute atomic E-state index is 12.4. The number of phenols is 1. The number of hydrogen-bond donors (Lipinski definition) is 2. The van der Waals surface area contributed by atoms with Crippen LogP contribution in [0.4, 0.5) is 0 Å². The third-order valence-corrected chi connectivity index (χ3v) is 8.04. The number of phenolic OH excluding ortho intramolecular Hbond substituents is 1. The highest BCUT2D eigenvalue weighted by molar-refractivity contribution is 7.09. The van der Waals surface area contributed by atoms with Gasteiger partial charge in [0.1, 0.15) is 41.6 Å². The van der Waals surface area contributed by atoms with Gasteiger partial charge in [0, 0.05) is 12.0 Å². The molecule has 0 saturated heterocycles. The van der Waals surface area contributed by atoms with Crippen LogP contribution in [0.5, 0.6) is 23.1 Å². The van der Waals surface area contributed by atoms with Crippen molar-refractivity contribution in [3.8, 4) is 23.1 Å². The molecule has 0 saturated carbocycles. The number of nitrogens with zero attached hydrogens (tertiary/aromatic N) is 1. The van der Waals surface area contributed by atoms with E-state index in [1.165, 1.54) is 0 Å². The Morgan fingerprint density at radius 1 is 1.10 bits per heavy atom. The molecule has 0 fully saturated rings. The maximum Gasteiger partial charge on any atom is 0.326 e. The van der Waals surface area contributed by atoms with Gasteiger partial charge < -0.3 is 24.4 Å². The van der Waals surface area contributed by atoms with Crippen molar-refractivity contribution in [2.24, 2.45) is 0 Å². The summed E-state index contributed by atoms with van der Waals surface area (Å²) in [4.78, 5) is 24.6. The summed E-state index contributed by atoms with van der Waals surface area (Å²) < 4.78 is 18.9. The van der Waals surface area contributed by atoms with E-state index in [1.807, 2.05) is 52.0 Å². The first-order chi connectivity index (χ1) is 18.2. The van der Waals surface area contributed by atoms with Crippen LogP contribution < -0.4 is 14.3 Å². The summed E-state index contributed by atoms with van der Waals surface area (Å²) in [6.45, 7) is 13.1. The van der Waals surface area contributed by atoms with Gasteiger partial charge in [-0.15, -0.1) is 0 Å². The first-order valence-electron chi connectivity index (χ1n) is 13.0. The molecule has 2 aromatic carbocycles. The van der Waals surface area contributed by atoms with Crippen molar-refractivity contribution >= 4 is 17.3 Å². The molecule has 1 unspecified atom stereocenters. The van der Waals surface area contributed by atoms with Gasteiger partial charge in [0.2, 0.25) is 5.88 Å². The van der Waals surface area contributed by atoms with Crippen molar-refractivity contribution in [3.63, 3.8) is 0 Å². The Kier molecular flexibility index (Phi) is 7.76. The standard InChI is InChI=1S/C30H37NO7S/c1-17-18(2)26-22(19(3)25(17)33)12-13-30(7,38-26)16-36-21-10-8-20(9-11-21)14-23-27(34)31(28(35)39-23)15-24(32)37-29(4,5)6/h8-11,33-34H,12-16H2,1-7H3. The second kappa shape index (κ2) is 10.6. The first kappa shape index (κ1) is 28.5. The van der Waals surface area contributed by atoms with E-state index in [0.29, 0.717) is 29.4 Å². The van der Waals surface area contributed by atoms with Crippen molar-refractivity contribution < 1.29 is 29.2 Å². The Labute approximate surface area is 232 Å². The van der Waals surface area contributed by atoms with Crippen LogP contribution >= 0.6 is 11.3 Å². The van der Waals surface area contributed by atoms with Crippen molar-refractivity contribution in [2.45, 2.75) is 85.5 Å². The fourth-order valence-electron chi connectivity index (χ4n) is 4.72. The molecule has 0 bridgehead atoms. The third-order valence-electron chi connectivity index (χ3n) is 7.07. The number of benzene rings is 2. The molecule has 3 aromatic rings. The van der Waals surface area contributed by atoms with Gasteiger partial charge in [-0.1, -0.05) is 23.5 Å². The van der Waals surface area contributed by atoms with Crippen LogP contribution in [0, 0.1) is 20.8 Å². The minimum absolute atomic E-state index is 0.215. The lowest BCUT2D eigenvalue weighted by Crippen LogP contribution is -2.42. The number of aromatic hydroxyl groups is 2. The molecule has 39 heavy (non-hydrogen) atoms. The zero-order valence-electron chi connectivity index (χ0n) is 23.6. The van der Waals surface area contributed by atoms with E-state index in [9.17, 15) is 19.8 Å². The highest BCUT2D eigenvalue weighted by Crippen LogP contribution is 2.43. The van der Waals surface area contributed by atoms with Crippen LogP contribution in [0.15, 0.2) is 29.1 Å². The maximum atomic E-state index is 12.4. The summed E-state index contributed by atoms with van der Waals surface area (Å²) >= 11 is 0.913. The number of carbonyl (C=O) groups is 1. The zero-order chi connectivity index (χ0) is 28.7. The lowest BCUT2D eigenvalue weighted by Gasteiger charge is -2.37. The predicted molar refractivity (Wildman–Crippen MR) is 151 cm³/mol. The average Bonchev–Trinajstić information content (AvgIpc) is 3.12. The molecular weight excluding hydrogens is 518 g/mol. The van der Waals surface area contributed by atoms with Crippen LogP contribution in [-0.2, 0) is 28.9 Å². The van der Waals surface area contributed by atoms with Crippen LogP contribution in [0.3, 0.4) is 0 Å². The fraction of sp³-hybridized carbons (Fsp3) is 0.467. The minimum atomic E-state index is -0.676. The summed E-state index contributed by atoms with van der Waals surface area (Å²) in [6, 6.07) is 7.47. The number of rotatable bonds is 7. The molecule has 2 N–H and O–H groups in total. The topological polar surface area (TPSA) is 107 Å². The largest absolute Gasteiger partial charge is 0.507 e. The van der Waals surface area contributed by atoms with E-state index in [4.69, 9.17) is 14.2 Å². The minimum Gasteiger partial charge on any atom is -0.507 e. The number of aromatic nitrogens is 1. The molecule has 4 rings (SSSR count). The zero-order valence-corrected chi connectivity index (χ0v) is 24.5. The molecule has 1 aliphatic rings. The molecule has 8 nitrogen and oxygen atoms in total. The normalized spacial score (nSPS) is 16.9. The van der Waals surface area contributed by atoms with E-state index in [-0.39, 0.29) is 12.4 Å². The second-order valence-corrected chi connectivity index (χ2v) is 12.5. The SMILES string of the molecule is Cc1c(C)c2c(c(C)c1O)CCC(C)(COc1ccc(Cc3sc(=O)n(CC(=O)OC(C)(C)C)c3O)cc1)O2. The molecule has 1 atom stereocenters. The van der Waals surface area contributed by atoms with Crippen molar-refractivity contribution in [1.82, 2.24) is 4.57 Å². The van der Waals surface area contributed by atoms with E-state index in [0.717, 1.165) is 62.3 Å². The van der Waals surface area contributed by atoms with Crippen LogP contribution in [-0.4, -0.2) is 38.6 Å². The summed E-state index contributed by atoms with van der Waals surface area (Å²) in [5, 5.41) is 21.0. The number of hydrogen-bond acceptors (Lipinski definition) is 8. The highest BCUT2D eigenvalue weighted by atomic mass is 32.1. The number of ether oxygens (including phenoxy) is 3. The number of thiazole rings is 1. The van der Waals surface area contributed by atoms with E-state index >= 15 is 0 Å². The van der Waals surface area contributed by atoms with Gasteiger partial charge in [0.25, 0.3) is 0 Å². The fourth-order valence-corrected chi connectivity index (χ4v) is 5.63. The van der Waals surface area contributed by atoms with Crippen LogP contribution in [0.2, 0.25) is 0 Å². The van der Waals surface area contributed by atoms with Gasteiger partial charge in [-0.05, 0) is 95.7 Å². The Bertz CT molecular complexity index is 1450. The average molecular weight is 556 g/mol. The summed E-state index contributed by atoms with van der Waals surface area (Å²) in [5.41, 5.74) is 3.42. The van der Waals surface area contributed by atoms with Crippen molar-refractivity contribution in [1.29, 1.82) is 0 Å². The Morgan fingerprint density at radius 3 is 2.41 bits per heavy atom. The van der Waals surface area contributed by atoms with Gasteiger partial charge in [0.15, 0.2) is 0 Å². The Balaban J connectivity index is 1.39. The molecule has 1 aliphatic heterocycles. The summed E-state index contributed by atoms with van der Waals surface area (Å²) in [5.74, 6) is 1.07. The first-order valence-corrected chi connectivity index (χ1v) is 13.8. The quantitative estimate of drug-likeness (QED) is 0.379. The molecule has 0 aliphatic carbocycles. The smallest absolute Gasteiger partial charge is 0.326 e. The lowest BCUT2D eigenvalue weighted by molar-refractivity contribution is -0.155. The van der Waals surface area contributed by atoms with Crippen LogP contribution in [0.1, 0.15) is 66.8 Å². The van der Waals surface area contributed by atoms with E-state index < -0.39 is 22.0 Å². The van der Waals surface area contributed by atoms with Crippen molar-refractivity contribution in [3.05, 3.63) is 66.6 Å². The lowest BCUT2D eigenvalue weighted by atomic mass is 9.87. The molecule has 210 valence electrons. The second-order valence-electron chi connectivity index (χ2n) is 11.5. The van der Waals surface area contributed by atoms with Crippen molar-refractivity contribution in [2.75, 3.05) is 6.61 Å². The molecule has 2 heterocycles. The molecule has 0 amide bonds. The van der Waals surface area contributed by atoms with E-state index in [1.54, 1.807) is 20.8 Å². The van der Waals surface area contributed by atoms with E-state index in [2.05, 4.69) is 0 Å². The van der Waals surface area contributed by atoms with Gasteiger partial charge in [-0.2, -0.15) is 0 Å². The Hall–Kier alpha value is -3.46. The number of carbonyl (C=O) groups excluding carboxylic acids is 1. The highest BCUT2D eigenvalue weighted by Gasteiger charge is 2.35. The molecule has 1 aromatic heterocycles. The van der Waals surface area contributed by atoms with Gasteiger partial charge >= 0.3 is 10.8 Å². The predicted octanol–water partition coefficient (Wildman–Crippen LogP) is 5.34. The number of esters is 1. The molecule has 9 heteroatoms. The molecule has 0 radical (unpaired) electrons. The van der Waals surface area contributed by atoms with Gasteiger partial charge in [-0.25, -0.2) is 0 Å². The van der Waals surface area contributed by atoms with Gasteiger partial charge in [0.05, 0.1) is 4.88 Å². The molecule has 0 spiro atoms. The number of fused-ring (bicyclic) bond motifs is 1. The summed E-state index contributed by atoms with van der Waals surface area (Å²) in [6.07, 6.45) is 1.91. The third kappa shape index (κ3) is 6.24. The Morgan fingerprint density at radius 2 is 1.77 bits per heavy atom. The summed E-state index contributed by atoms with van der Waals surface area (Å²) in [7, 11) is 0.